The maximum atomic E-state index is 10.5. The first kappa shape index (κ1) is 10.7. The second-order valence-electron chi connectivity index (χ2n) is 0.773. The summed E-state index contributed by atoms with van der Waals surface area (Å²) in [6, 6.07) is 0. The largest absolute Gasteiger partial charge is 0.411 e. The molecule has 8 heavy (non-hydrogen) atoms. The van der Waals surface area contributed by atoms with Crippen molar-refractivity contribution in [2.24, 2.45) is 0 Å². The smallest absolute Gasteiger partial charge is 0.387 e. The summed E-state index contributed by atoms with van der Waals surface area (Å²) in [6.45, 7) is 2.27. The second-order valence-corrected chi connectivity index (χ2v) is 0.773. The van der Waals surface area contributed by atoms with Gasteiger partial charge in [-0.1, -0.05) is 13.8 Å². The third-order valence-corrected chi connectivity index (χ3v) is 0.179. The molecule has 0 fully saturated rings. The molecule has 0 bridgehead atoms. The molecule has 52 valence electrons. The lowest BCUT2D eigenvalue weighted by Crippen LogP contribution is -2.12. The average Bonchev–Trinajstić information content (AvgIpc) is 1.71. The van der Waals surface area contributed by atoms with Gasteiger partial charge in [0.2, 0.25) is 0 Å². The van der Waals surface area contributed by atoms with Crippen LogP contribution in [0.25, 0.3) is 0 Å². The van der Waals surface area contributed by atoms with Crippen molar-refractivity contribution in [2.45, 2.75) is 20.0 Å². The van der Waals surface area contributed by atoms with Crippen LogP contribution in [0.2, 0.25) is 0 Å². The third-order valence-electron chi connectivity index (χ3n) is 0.179. The molecule has 0 aromatic carbocycles. The van der Waals surface area contributed by atoms with Crippen LogP contribution in [0.4, 0.5) is 13.2 Å². The first-order valence-corrected chi connectivity index (χ1v) is 2.24. The van der Waals surface area contributed by atoms with E-state index in [9.17, 15) is 13.2 Å². The lowest BCUT2D eigenvalue weighted by Gasteiger charge is -1.95. The van der Waals surface area contributed by atoms with Crippen molar-refractivity contribution in [1.82, 2.24) is 0 Å². The highest BCUT2D eigenvalue weighted by molar-refractivity contribution is 4.39. The lowest BCUT2D eigenvalue weighted by atomic mass is 10.7. The van der Waals surface area contributed by atoms with E-state index in [1.165, 1.54) is 0 Å². The van der Waals surface area contributed by atoms with Crippen molar-refractivity contribution in [3.63, 3.8) is 0 Å². The van der Waals surface area contributed by atoms with E-state index in [0.29, 0.717) is 0 Å². The zero-order valence-electron chi connectivity index (χ0n) is 4.79. The first-order valence-electron chi connectivity index (χ1n) is 2.24. The quantitative estimate of drug-likeness (QED) is 0.527. The van der Waals surface area contributed by atoms with Crippen LogP contribution >= 0.6 is 0 Å². The summed E-state index contributed by atoms with van der Waals surface area (Å²) in [6.07, 6.45) is -4.40. The maximum absolute atomic E-state index is 10.5. The van der Waals surface area contributed by atoms with Gasteiger partial charge in [-0.15, -0.1) is 0 Å². The van der Waals surface area contributed by atoms with Crippen LogP contribution in [0.15, 0.2) is 0 Å². The van der Waals surface area contributed by atoms with Crippen molar-refractivity contribution in [2.75, 3.05) is 6.61 Å². The Bertz CT molecular complexity index is 41.0. The summed E-state index contributed by atoms with van der Waals surface area (Å²) in [5.74, 6) is 0. The fourth-order valence-electron chi connectivity index (χ4n) is 0. The summed E-state index contributed by atoms with van der Waals surface area (Å²) in [5.41, 5.74) is 0. The zero-order chi connectivity index (χ0) is 7.21. The molecule has 0 aliphatic heterocycles. The van der Waals surface area contributed by atoms with Gasteiger partial charge in [0.1, 0.15) is 6.61 Å². The van der Waals surface area contributed by atoms with Gasteiger partial charge in [-0.25, -0.2) is 0 Å². The molecule has 0 spiro atoms. The highest BCUT2D eigenvalue weighted by Crippen LogP contribution is 2.11. The Morgan fingerprint density at radius 3 is 1.38 bits per heavy atom. The van der Waals surface area contributed by atoms with Crippen LogP contribution in [-0.4, -0.2) is 17.9 Å². The Kier molecular flexibility index (Phi) is 6.54. The molecule has 0 saturated heterocycles. The fraction of sp³-hybridized carbons (Fsp3) is 1.00. The molecule has 0 aromatic rings. The minimum atomic E-state index is -4.40. The fourth-order valence-corrected chi connectivity index (χ4v) is 0. The molecule has 0 heterocycles. The number of halogens is 3. The molecule has 0 saturated carbocycles. The van der Waals surface area contributed by atoms with Crippen molar-refractivity contribution in [1.29, 1.82) is 0 Å². The van der Waals surface area contributed by atoms with Crippen LogP contribution in [-0.2, 0) is 0 Å². The van der Waals surface area contributed by atoms with Crippen LogP contribution in [0.1, 0.15) is 13.8 Å². The van der Waals surface area contributed by atoms with E-state index in [1.807, 2.05) is 13.8 Å². The van der Waals surface area contributed by atoms with E-state index in [4.69, 9.17) is 5.11 Å². The Morgan fingerprint density at radius 1 is 1.25 bits per heavy atom. The molecule has 0 amide bonds. The van der Waals surface area contributed by atoms with Gasteiger partial charge >= 0.3 is 6.18 Å². The summed E-state index contributed by atoms with van der Waals surface area (Å²) >= 11 is 0. The number of hydrogen-bond donors (Lipinski definition) is 1. The van der Waals surface area contributed by atoms with Crippen LogP contribution in [0.5, 0.6) is 0 Å². The number of rotatable bonds is 0. The molecular weight excluding hydrogens is 121 g/mol. The van der Waals surface area contributed by atoms with Crippen molar-refractivity contribution in [3.05, 3.63) is 0 Å². The minimum Gasteiger partial charge on any atom is -0.387 e. The van der Waals surface area contributed by atoms with Gasteiger partial charge in [0.25, 0.3) is 0 Å². The lowest BCUT2D eigenvalue weighted by molar-refractivity contribution is -0.159. The Balaban J connectivity index is 0. The Hall–Kier alpha value is -0.250. The summed E-state index contributed by atoms with van der Waals surface area (Å²) in [4.78, 5) is 0. The zero-order valence-corrected chi connectivity index (χ0v) is 4.79. The molecule has 0 rings (SSSR count). The van der Waals surface area contributed by atoms with Crippen molar-refractivity contribution < 1.29 is 18.3 Å². The normalized spacial score (nSPS) is 9.75. The van der Waals surface area contributed by atoms with E-state index >= 15 is 0 Å². The number of hydrogen-bond acceptors (Lipinski definition) is 1. The Labute approximate surface area is 46.1 Å². The van der Waals surface area contributed by atoms with Gasteiger partial charge < -0.3 is 5.11 Å². The Morgan fingerprint density at radius 2 is 1.38 bits per heavy atom. The van der Waals surface area contributed by atoms with Gasteiger partial charge in [0, 0.05) is 0 Å². The minimum absolute atomic E-state index is 1.73. The van der Waals surface area contributed by atoms with E-state index in [-0.39, 0.29) is 0 Å². The molecule has 4 heteroatoms. The molecule has 0 unspecified atom stereocenters. The average molecular weight is 130 g/mol. The molecule has 1 nitrogen and oxygen atoms in total. The highest BCUT2D eigenvalue weighted by atomic mass is 19.4. The summed E-state index contributed by atoms with van der Waals surface area (Å²) < 4.78 is 31.6. The molecule has 1 N–H and O–H groups in total. The molecule has 0 atom stereocenters. The van der Waals surface area contributed by atoms with Crippen molar-refractivity contribution >= 4 is 0 Å². The van der Waals surface area contributed by atoms with E-state index in [0.717, 1.165) is 0 Å². The van der Waals surface area contributed by atoms with Crippen LogP contribution in [0, 0.1) is 0 Å². The number of alkyl halides is 3. The predicted octanol–water partition coefficient (Wildman–Crippen LogP) is 1.57. The van der Waals surface area contributed by atoms with Crippen LogP contribution < -0.4 is 0 Å². The number of aliphatic hydroxyl groups excluding tert-OH is 1. The van der Waals surface area contributed by atoms with Gasteiger partial charge in [0.15, 0.2) is 0 Å². The van der Waals surface area contributed by atoms with Gasteiger partial charge in [-0.05, 0) is 0 Å². The third kappa shape index (κ3) is 17.2. The van der Waals surface area contributed by atoms with E-state index in [2.05, 4.69) is 0 Å². The topological polar surface area (TPSA) is 20.2 Å². The standard InChI is InChI=1S/C2H3F3O.C2H6/c3-2(4,5)1-6;1-2/h6H,1H2;1-2H3. The van der Waals surface area contributed by atoms with E-state index in [1.54, 1.807) is 0 Å². The molecule has 0 radical (unpaired) electrons. The molecular formula is C4H9F3O. The first-order chi connectivity index (χ1) is 3.56. The number of aliphatic hydroxyl groups is 1. The summed E-state index contributed by atoms with van der Waals surface area (Å²) in [5, 5.41) is 7.28. The monoisotopic (exact) mass is 130 g/mol. The molecule has 0 aliphatic rings. The maximum Gasteiger partial charge on any atom is 0.411 e. The van der Waals surface area contributed by atoms with Gasteiger partial charge in [-0.2, -0.15) is 13.2 Å². The molecule has 0 aromatic heterocycles. The second kappa shape index (κ2) is 4.90. The highest BCUT2D eigenvalue weighted by Gasteiger charge is 2.24. The predicted molar refractivity (Wildman–Crippen MR) is 24.5 cm³/mol. The van der Waals surface area contributed by atoms with E-state index < -0.39 is 12.8 Å². The summed E-state index contributed by atoms with van der Waals surface area (Å²) in [7, 11) is 0. The SMILES string of the molecule is CC.OCC(F)(F)F. The van der Waals surface area contributed by atoms with Crippen LogP contribution in [0.3, 0.4) is 0 Å². The van der Waals surface area contributed by atoms with Crippen molar-refractivity contribution in [3.8, 4) is 0 Å². The van der Waals surface area contributed by atoms with Gasteiger partial charge in [-0.3, -0.25) is 0 Å². The molecule has 0 aliphatic carbocycles. The van der Waals surface area contributed by atoms with Gasteiger partial charge in [0.05, 0.1) is 0 Å².